The van der Waals surface area contributed by atoms with Crippen molar-refractivity contribution in [3.05, 3.63) is 21.8 Å². The van der Waals surface area contributed by atoms with Crippen LogP contribution in [-0.2, 0) is 5.41 Å². The monoisotopic (exact) mass is 329 g/mol. The molecule has 0 bridgehead atoms. The minimum Gasteiger partial charge on any atom is -0.338 e. The summed E-state index contributed by atoms with van der Waals surface area (Å²) in [5.74, 6) is 1.29. The number of halogens is 1. The zero-order chi connectivity index (χ0) is 13.2. The molecule has 2 aromatic heterocycles. The third-order valence-corrected chi connectivity index (χ3v) is 5.10. The molecule has 0 atom stereocenters. The molecule has 2 N–H and O–H groups in total. The molecular formula is C12H16BrN3OS. The number of aromatic nitrogens is 2. The van der Waals surface area contributed by atoms with Crippen LogP contribution in [0, 0.1) is 0 Å². The van der Waals surface area contributed by atoms with E-state index < -0.39 is 0 Å². The molecule has 6 heteroatoms. The molecule has 0 aliphatic carbocycles. The van der Waals surface area contributed by atoms with Gasteiger partial charge in [0.25, 0.3) is 0 Å². The average Bonchev–Trinajstić information content (AvgIpc) is 3.01. The van der Waals surface area contributed by atoms with Gasteiger partial charge in [-0.2, -0.15) is 4.98 Å². The first kappa shape index (κ1) is 13.7. The number of rotatable bonds is 5. The topological polar surface area (TPSA) is 64.9 Å². The molecule has 0 unspecified atom stereocenters. The summed E-state index contributed by atoms with van der Waals surface area (Å²) in [5, 5.41) is 6.06. The Balaban J connectivity index is 2.35. The Bertz CT molecular complexity index is 511. The second-order valence-electron chi connectivity index (χ2n) is 4.24. The van der Waals surface area contributed by atoms with Gasteiger partial charge < -0.3 is 10.3 Å². The number of thiophene rings is 1. The molecule has 0 saturated heterocycles. The predicted octanol–water partition coefficient (Wildman–Crippen LogP) is 3.58. The van der Waals surface area contributed by atoms with Crippen molar-refractivity contribution in [2.45, 2.75) is 32.1 Å². The maximum absolute atomic E-state index is 5.88. The SMILES string of the molecule is CCC(CC)(CN)c1nc(-c2cc(Br)cs2)no1. The fourth-order valence-electron chi connectivity index (χ4n) is 1.90. The van der Waals surface area contributed by atoms with Crippen molar-refractivity contribution in [1.82, 2.24) is 10.1 Å². The third-order valence-electron chi connectivity index (χ3n) is 3.41. The molecule has 4 nitrogen and oxygen atoms in total. The van der Waals surface area contributed by atoms with Crippen LogP contribution in [0.25, 0.3) is 10.7 Å². The highest BCUT2D eigenvalue weighted by Crippen LogP contribution is 2.33. The van der Waals surface area contributed by atoms with Crippen LogP contribution in [0.3, 0.4) is 0 Å². The zero-order valence-electron chi connectivity index (χ0n) is 10.4. The molecule has 18 heavy (non-hydrogen) atoms. The van der Waals surface area contributed by atoms with Gasteiger partial charge in [-0.3, -0.25) is 0 Å². The van der Waals surface area contributed by atoms with Crippen LogP contribution < -0.4 is 5.73 Å². The molecule has 0 saturated carbocycles. The standard InChI is InChI=1S/C12H16BrN3OS/c1-3-12(4-2,7-14)11-15-10(16-17-11)9-5-8(13)6-18-9/h5-6H,3-4,7,14H2,1-2H3. The van der Waals surface area contributed by atoms with Crippen LogP contribution >= 0.6 is 27.3 Å². The van der Waals surface area contributed by atoms with Gasteiger partial charge >= 0.3 is 0 Å². The van der Waals surface area contributed by atoms with Crippen molar-refractivity contribution in [3.63, 3.8) is 0 Å². The molecule has 2 heterocycles. The van der Waals surface area contributed by atoms with Crippen molar-refractivity contribution >= 4 is 27.3 Å². The molecule has 0 amide bonds. The lowest BCUT2D eigenvalue weighted by atomic mass is 9.82. The Labute approximate surface area is 119 Å². The highest BCUT2D eigenvalue weighted by Gasteiger charge is 2.33. The maximum atomic E-state index is 5.88. The van der Waals surface area contributed by atoms with Crippen LogP contribution in [0.5, 0.6) is 0 Å². The maximum Gasteiger partial charge on any atom is 0.234 e. The second kappa shape index (κ2) is 5.50. The first-order valence-electron chi connectivity index (χ1n) is 5.94. The lowest BCUT2D eigenvalue weighted by molar-refractivity contribution is 0.267. The fourth-order valence-corrected chi connectivity index (χ4v) is 3.25. The quantitative estimate of drug-likeness (QED) is 0.910. The largest absolute Gasteiger partial charge is 0.338 e. The van der Waals surface area contributed by atoms with E-state index in [-0.39, 0.29) is 5.41 Å². The number of nitrogens with zero attached hydrogens (tertiary/aromatic N) is 2. The van der Waals surface area contributed by atoms with E-state index in [1.807, 2.05) is 11.4 Å². The summed E-state index contributed by atoms with van der Waals surface area (Å²) >= 11 is 5.01. The van der Waals surface area contributed by atoms with Crippen LogP contribution in [0.4, 0.5) is 0 Å². The van der Waals surface area contributed by atoms with Crippen molar-refractivity contribution in [3.8, 4) is 10.7 Å². The summed E-state index contributed by atoms with van der Waals surface area (Å²) < 4.78 is 6.45. The first-order valence-corrected chi connectivity index (χ1v) is 7.61. The molecule has 0 aromatic carbocycles. The minimum absolute atomic E-state index is 0.195. The molecule has 0 radical (unpaired) electrons. The van der Waals surface area contributed by atoms with Gasteiger partial charge in [0.1, 0.15) is 0 Å². The fraction of sp³-hybridized carbons (Fsp3) is 0.500. The van der Waals surface area contributed by atoms with Gasteiger partial charge in [-0.1, -0.05) is 19.0 Å². The summed E-state index contributed by atoms with van der Waals surface area (Å²) in [6.45, 7) is 4.72. The highest BCUT2D eigenvalue weighted by molar-refractivity contribution is 9.10. The van der Waals surface area contributed by atoms with Crippen molar-refractivity contribution < 1.29 is 4.52 Å². The summed E-state index contributed by atoms with van der Waals surface area (Å²) in [6.07, 6.45) is 1.80. The minimum atomic E-state index is -0.195. The van der Waals surface area contributed by atoms with E-state index in [1.165, 1.54) is 0 Å². The van der Waals surface area contributed by atoms with E-state index >= 15 is 0 Å². The van der Waals surface area contributed by atoms with Gasteiger partial charge in [0.05, 0.1) is 10.3 Å². The summed E-state index contributed by atoms with van der Waals surface area (Å²) in [7, 11) is 0. The smallest absolute Gasteiger partial charge is 0.234 e. The lowest BCUT2D eigenvalue weighted by Crippen LogP contribution is -2.34. The van der Waals surface area contributed by atoms with E-state index in [2.05, 4.69) is 39.9 Å². The molecule has 0 aliphatic heterocycles. The van der Waals surface area contributed by atoms with Gasteiger partial charge in [-0.25, -0.2) is 0 Å². The Morgan fingerprint density at radius 3 is 2.67 bits per heavy atom. The molecule has 98 valence electrons. The van der Waals surface area contributed by atoms with Gasteiger partial charge in [0.15, 0.2) is 0 Å². The third kappa shape index (κ3) is 2.37. The van der Waals surface area contributed by atoms with Crippen molar-refractivity contribution in [2.75, 3.05) is 6.54 Å². The van der Waals surface area contributed by atoms with E-state index in [1.54, 1.807) is 11.3 Å². The Morgan fingerprint density at radius 1 is 1.44 bits per heavy atom. The van der Waals surface area contributed by atoms with Crippen LogP contribution in [0.2, 0.25) is 0 Å². The summed E-state index contributed by atoms with van der Waals surface area (Å²) in [4.78, 5) is 5.51. The Hall–Kier alpha value is -0.720. The predicted molar refractivity (Wildman–Crippen MR) is 76.6 cm³/mol. The van der Waals surface area contributed by atoms with Crippen LogP contribution in [0.1, 0.15) is 32.6 Å². The Morgan fingerprint density at radius 2 is 2.17 bits per heavy atom. The molecule has 2 rings (SSSR count). The Kier molecular flexibility index (Phi) is 4.19. The highest BCUT2D eigenvalue weighted by atomic mass is 79.9. The van der Waals surface area contributed by atoms with Crippen molar-refractivity contribution in [2.24, 2.45) is 5.73 Å². The molecule has 0 spiro atoms. The van der Waals surface area contributed by atoms with Gasteiger partial charge in [-0.05, 0) is 34.8 Å². The molecule has 0 aliphatic rings. The summed E-state index contributed by atoms with van der Waals surface area (Å²) in [6, 6.07) is 1.99. The normalized spacial score (nSPS) is 12.0. The molecule has 2 aromatic rings. The van der Waals surface area contributed by atoms with Gasteiger partial charge in [0.2, 0.25) is 11.7 Å². The van der Waals surface area contributed by atoms with Crippen LogP contribution in [-0.4, -0.2) is 16.7 Å². The average molecular weight is 330 g/mol. The number of nitrogens with two attached hydrogens (primary N) is 1. The van der Waals surface area contributed by atoms with E-state index in [0.29, 0.717) is 18.3 Å². The zero-order valence-corrected chi connectivity index (χ0v) is 12.8. The summed E-state index contributed by atoms with van der Waals surface area (Å²) in [5.41, 5.74) is 5.69. The second-order valence-corrected chi connectivity index (χ2v) is 6.07. The van der Waals surface area contributed by atoms with E-state index in [4.69, 9.17) is 10.3 Å². The van der Waals surface area contributed by atoms with Gasteiger partial charge in [0, 0.05) is 16.4 Å². The first-order chi connectivity index (χ1) is 8.65. The van der Waals surface area contributed by atoms with Crippen molar-refractivity contribution in [1.29, 1.82) is 0 Å². The van der Waals surface area contributed by atoms with E-state index in [9.17, 15) is 0 Å². The van der Waals surface area contributed by atoms with Crippen LogP contribution in [0.15, 0.2) is 20.4 Å². The lowest BCUT2D eigenvalue weighted by Gasteiger charge is -2.24. The molecule has 0 fully saturated rings. The number of hydrogen-bond acceptors (Lipinski definition) is 5. The van der Waals surface area contributed by atoms with Gasteiger partial charge in [-0.15, -0.1) is 11.3 Å². The number of hydrogen-bond donors (Lipinski definition) is 1. The van der Waals surface area contributed by atoms with E-state index in [0.717, 1.165) is 22.2 Å². The molecular weight excluding hydrogens is 314 g/mol.